The molecule has 1 unspecified atom stereocenters. The molecule has 0 saturated heterocycles. The van der Waals surface area contributed by atoms with Gasteiger partial charge in [-0.2, -0.15) is 0 Å². The third kappa shape index (κ3) is 2.17. The lowest BCUT2D eigenvalue weighted by Crippen LogP contribution is -2.14. The number of fused-ring (bicyclic) bond motifs is 1. The highest BCUT2D eigenvalue weighted by Gasteiger charge is 2.13. The first-order valence-electron chi connectivity index (χ1n) is 5.23. The summed E-state index contributed by atoms with van der Waals surface area (Å²) >= 11 is 0. The second-order valence-corrected chi connectivity index (χ2v) is 3.59. The van der Waals surface area contributed by atoms with Crippen LogP contribution in [0.15, 0.2) is 18.5 Å². The molecule has 0 saturated carbocycles. The lowest BCUT2D eigenvalue weighted by atomic mass is 10.1. The Morgan fingerprint density at radius 2 is 2.38 bits per heavy atom. The molecule has 2 aromatic heterocycles. The van der Waals surface area contributed by atoms with Gasteiger partial charge in [0.15, 0.2) is 5.82 Å². The van der Waals surface area contributed by atoms with Crippen molar-refractivity contribution in [3.8, 4) is 0 Å². The van der Waals surface area contributed by atoms with Gasteiger partial charge in [-0.25, -0.2) is 4.98 Å². The maximum Gasteiger partial charge on any atom is 0.254 e. The van der Waals surface area contributed by atoms with Crippen LogP contribution < -0.4 is 5.73 Å². The maximum absolute atomic E-state index is 6.04. The molecule has 0 fully saturated rings. The summed E-state index contributed by atoms with van der Waals surface area (Å²) in [4.78, 5) is 4.09. The van der Waals surface area contributed by atoms with Crippen LogP contribution in [0.25, 0.3) is 5.78 Å². The first-order chi connectivity index (χ1) is 7.83. The average molecular weight is 221 g/mol. The molecule has 0 spiro atoms. The fraction of sp³-hybridized carbons (Fsp3) is 0.500. The molecule has 0 aliphatic heterocycles. The molecule has 0 amide bonds. The van der Waals surface area contributed by atoms with Gasteiger partial charge < -0.3 is 10.5 Å². The molecule has 86 valence electrons. The summed E-state index contributed by atoms with van der Waals surface area (Å²) < 4.78 is 6.80. The third-order valence-electron chi connectivity index (χ3n) is 2.41. The summed E-state index contributed by atoms with van der Waals surface area (Å²) in [6.45, 7) is 0.711. The predicted octanol–water partition coefficient (Wildman–Crippen LogP) is 0.551. The van der Waals surface area contributed by atoms with Crippen LogP contribution in [0.2, 0.25) is 0 Å². The van der Waals surface area contributed by atoms with Gasteiger partial charge in [0, 0.05) is 26.1 Å². The van der Waals surface area contributed by atoms with Gasteiger partial charge in [-0.15, -0.1) is 10.2 Å². The highest BCUT2D eigenvalue weighted by atomic mass is 16.5. The van der Waals surface area contributed by atoms with Crippen molar-refractivity contribution in [3.63, 3.8) is 0 Å². The largest absolute Gasteiger partial charge is 0.385 e. The van der Waals surface area contributed by atoms with Crippen molar-refractivity contribution >= 4 is 5.78 Å². The maximum atomic E-state index is 6.04. The number of hydrogen-bond acceptors (Lipinski definition) is 5. The van der Waals surface area contributed by atoms with Gasteiger partial charge in [0.2, 0.25) is 0 Å². The number of nitrogens with zero attached hydrogens (tertiary/aromatic N) is 4. The summed E-state index contributed by atoms with van der Waals surface area (Å²) in [6, 6.07) is 1.70. The Labute approximate surface area is 93.5 Å². The summed E-state index contributed by atoms with van der Waals surface area (Å²) in [5.41, 5.74) is 6.04. The van der Waals surface area contributed by atoms with E-state index in [0.29, 0.717) is 12.4 Å². The van der Waals surface area contributed by atoms with E-state index in [1.807, 2.05) is 16.7 Å². The van der Waals surface area contributed by atoms with Crippen molar-refractivity contribution in [2.45, 2.75) is 18.9 Å². The lowest BCUT2D eigenvalue weighted by molar-refractivity contribution is 0.190. The number of rotatable bonds is 5. The van der Waals surface area contributed by atoms with E-state index in [-0.39, 0.29) is 6.04 Å². The Hall–Kier alpha value is -1.53. The zero-order valence-electron chi connectivity index (χ0n) is 9.21. The van der Waals surface area contributed by atoms with Gasteiger partial charge >= 0.3 is 0 Å². The van der Waals surface area contributed by atoms with Crippen molar-refractivity contribution in [3.05, 3.63) is 24.3 Å². The van der Waals surface area contributed by atoms with Gasteiger partial charge in [-0.1, -0.05) is 0 Å². The topological polar surface area (TPSA) is 78.3 Å². The number of aromatic nitrogens is 4. The summed E-state index contributed by atoms with van der Waals surface area (Å²) in [6.07, 6.45) is 5.29. The van der Waals surface area contributed by atoms with Crippen molar-refractivity contribution < 1.29 is 4.74 Å². The molecule has 0 radical (unpaired) electrons. The minimum absolute atomic E-state index is 0.130. The van der Waals surface area contributed by atoms with E-state index in [1.165, 1.54) is 0 Å². The Balaban J connectivity index is 2.13. The zero-order valence-corrected chi connectivity index (χ0v) is 9.21. The van der Waals surface area contributed by atoms with E-state index in [9.17, 15) is 0 Å². The van der Waals surface area contributed by atoms with Crippen LogP contribution in [0.4, 0.5) is 0 Å². The van der Waals surface area contributed by atoms with Crippen LogP contribution in [-0.2, 0) is 4.74 Å². The molecular formula is C10H15N5O. The molecular weight excluding hydrogens is 206 g/mol. The monoisotopic (exact) mass is 221 g/mol. The van der Waals surface area contributed by atoms with E-state index < -0.39 is 0 Å². The molecule has 1 atom stereocenters. The van der Waals surface area contributed by atoms with Gasteiger partial charge in [0.1, 0.15) is 0 Å². The van der Waals surface area contributed by atoms with E-state index in [4.69, 9.17) is 10.5 Å². The van der Waals surface area contributed by atoms with Crippen LogP contribution in [0, 0.1) is 0 Å². The van der Waals surface area contributed by atoms with Crippen molar-refractivity contribution in [2.75, 3.05) is 13.7 Å². The Kier molecular flexibility index (Phi) is 3.43. The quantitative estimate of drug-likeness (QED) is 0.746. The fourth-order valence-corrected chi connectivity index (χ4v) is 1.59. The molecule has 16 heavy (non-hydrogen) atoms. The van der Waals surface area contributed by atoms with Gasteiger partial charge in [-0.3, -0.25) is 4.40 Å². The van der Waals surface area contributed by atoms with Crippen LogP contribution in [0.1, 0.15) is 24.7 Å². The third-order valence-corrected chi connectivity index (χ3v) is 2.41. The number of ether oxygens (including phenoxy) is 1. The molecule has 0 aliphatic rings. The highest BCUT2D eigenvalue weighted by molar-refractivity contribution is 5.26. The molecule has 6 nitrogen and oxygen atoms in total. The molecule has 6 heteroatoms. The van der Waals surface area contributed by atoms with Crippen LogP contribution >= 0.6 is 0 Å². The lowest BCUT2D eigenvalue weighted by Gasteiger charge is -2.08. The predicted molar refractivity (Wildman–Crippen MR) is 58.8 cm³/mol. The molecule has 2 heterocycles. The summed E-state index contributed by atoms with van der Waals surface area (Å²) in [7, 11) is 1.68. The Morgan fingerprint density at radius 3 is 3.19 bits per heavy atom. The van der Waals surface area contributed by atoms with E-state index in [1.54, 1.807) is 13.3 Å². The number of methoxy groups -OCH3 is 1. The minimum atomic E-state index is -0.130. The smallest absolute Gasteiger partial charge is 0.254 e. The molecule has 2 N–H and O–H groups in total. The number of hydrogen-bond donors (Lipinski definition) is 1. The molecule has 2 rings (SSSR count). The Bertz CT molecular complexity index is 455. The highest BCUT2D eigenvalue weighted by Crippen LogP contribution is 2.13. The van der Waals surface area contributed by atoms with E-state index in [0.717, 1.165) is 18.7 Å². The fourth-order valence-electron chi connectivity index (χ4n) is 1.59. The molecule has 2 aromatic rings. The van der Waals surface area contributed by atoms with Gasteiger partial charge in [0.05, 0.1) is 6.04 Å². The molecule has 0 aromatic carbocycles. The van der Waals surface area contributed by atoms with Gasteiger partial charge in [0.25, 0.3) is 5.78 Å². The average Bonchev–Trinajstić information content (AvgIpc) is 2.73. The van der Waals surface area contributed by atoms with Crippen LogP contribution in [0.3, 0.4) is 0 Å². The second-order valence-electron chi connectivity index (χ2n) is 3.59. The second kappa shape index (κ2) is 5.00. The molecule has 0 bridgehead atoms. The summed E-state index contributed by atoms with van der Waals surface area (Å²) in [5, 5.41) is 8.02. The van der Waals surface area contributed by atoms with E-state index in [2.05, 4.69) is 15.2 Å². The summed E-state index contributed by atoms with van der Waals surface area (Å²) in [5.74, 6) is 1.33. The van der Waals surface area contributed by atoms with Crippen LogP contribution in [-0.4, -0.2) is 33.3 Å². The molecule has 0 aliphatic carbocycles. The zero-order chi connectivity index (χ0) is 11.4. The first kappa shape index (κ1) is 11.0. The normalized spacial score (nSPS) is 13.1. The number of nitrogens with two attached hydrogens (primary N) is 1. The van der Waals surface area contributed by atoms with Crippen LogP contribution in [0.5, 0.6) is 0 Å². The SMILES string of the molecule is COCCCC(N)c1nnc2ncccn12. The van der Waals surface area contributed by atoms with E-state index >= 15 is 0 Å². The standard InChI is InChI=1S/C10H15N5O/c1-16-7-2-4-8(11)9-13-14-10-12-5-3-6-15(9)10/h3,5-6,8H,2,4,7,11H2,1H3. The van der Waals surface area contributed by atoms with Crippen molar-refractivity contribution in [1.82, 2.24) is 19.6 Å². The minimum Gasteiger partial charge on any atom is -0.385 e. The first-order valence-corrected chi connectivity index (χ1v) is 5.23. The van der Waals surface area contributed by atoms with Gasteiger partial charge in [-0.05, 0) is 18.9 Å². The Morgan fingerprint density at radius 1 is 1.50 bits per heavy atom. The van der Waals surface area contributed by atoms with Crippen molar-refractivity contribution in [2.24, 2.45) is 5.73 Å². The van der Waals surface area contributed by atoms with Crippen molar-refractivity contribution in [1.29, 1.82) is 0 Å².